The third kappa shape index (κ3) is 3.86. The molecule has 1 unspecified atom stereocenters. The summed E-state index contributed by atoms with van der Waals surface area (Å²) in [5, 5.41) is 12.7. The summed E-state index contributed by atoms with van der Waals surface area (Å²) < 4.78 is 12.4. The largest absolute Gasteiger partial charge is 0.465 e. The first-order valence-corrected chi connectivity index (χ1v) is 14.4. The Labute approximate surface area is 243 Å². The molecule has 0 aromatic heterocycles. The first kappa shape index (κ1) is 26.6. The van der Waals surface area contributed by atoms with Gasteiger partial charge in [0.1, 0.15) is 17.6 Å². The molecule has 3 aromatic carbocycles. The molecule has 0 saturated carbocycles. The number of carbonyl (C=O) groups excluding carboxylic acids is 3. The van der Waals surface area contributed by atoms with Gasteiger partial charge in [0.05, 0.1) is 30.8 Å². The van der Waals surface area contributed by atoms with E-state index in [-0.39, 0.29) is 19.1 Å². The number of hydrogen-bond acceptors (Lipinski definition) is 6. The van der Waals surface area contributed by atoms with Crippen molar-refractivity contribution in [2.24, 2.45) is 11.8 Å². The zero-order valence-corrected chi connectivity index (χ0v) is 23.3. The molecule has 8 heteroatoms. The second-order valence-electron chi connectivity index (χ2n) is 11.6. The standard InChI is InChI=1S/C34H32N2O6/c1-33-16-7-8-19-41-32(40)28(33)27-30(38)36(26(21-37)23-11-3-2-4-12-23)29-31(39)35(18-9-17-34(27,29)42-33)25-15-14-22-10-5-6-13-24(22)20-25/h2-7,9-17,20,26-29,37H,8,18-19,21H2,1H3/t26-,27+,28+,29?,33-,34+/m1/s1. The number of fused-ring (bicyclic) bond motifs is 3. The van der Waals surface area contributed by atoms with E-state index in [0.29, 0.717) is 17.7 Å². The summed E-state index contributed by atoms with van der Waals surface area (Å²) in [6.07, 6.45) is 7.92. The van der Waals surface area contributed by atoms with Crippen LogP contribution < -0.4 is 4.90 Å². The Kier molecular flexibility index (Phi) is 6.29. The maximum absolute atomic E-state index is 14.8. The number of esters is 1. The molecule has 8 nitrogen and oxygen atoms in total. The highest BCUT2D eigenvalue weighted by atomic mass is 16.6. The van der Waals surface area contributed by atoms with Crippen molar-refractivity contribution in [1.29, 1.82) is 0 Å². The number of aliphatic hydroxyl groups is 1. The fraction of sp³-hybridized carbons (Fsp3) is 0.324. The highest BCUT2D eigenvalue weighted by Crippen LogP contribution is 2.58. The zero-order chi connectivity index (χ0) is 29.1. The van der Waals surface area contributed by atoms with E-state index >= 15 is 0 Å². The molecule has 0 aliphatic carbocycles. The summed E-state index contributed by atoms with van der Waals surface area (Å²) in [7, 11) is 0. The van der Waals surface area contributed by atoms with Gasteiger partial charge in [-0.15, -0.1) is 0 Å². The van der Waals surface area contributed by atoms with Gasteiger partial charge in [-0.2, -0.15) is 0 Å². The van der Waals surface area contributed by atoms with Crippen molar-refractivity contribution in [1.82, 2.24) is 4.90 Å². The fourth-order valence-corrected chi connectivity index (χ4v) is 7.37. The van der Waals surface area contributed by atoms with E-state index < -0.39 is 53.6 Å². The maximum Gasteiger partial charge on any atom is 0.313 e. The number of rotatable bonds is 4. The number of amides is 2. The van der Waals surface area contributed by atoms with Crippen LogP contribution in [0.4, 0.5) is 5.69 Å². The third-order valence-electron chi connectivity index (χ3n) is 9.20. The molecule has 42 heavy (non-hydrogen) atoms. The third-order valence-corrected chi connectivity index (χ3v) is 9.20. The van der Waals surface area contributed by atoms with Crippen LogP contribution >= 0.6 is 0 Å². The Morgan fingerprint density at radius 2 is 1.67 bits per heavy atom. The summed E-state index contributed by atoms with van der Waals surface area (Å²) in [5.74, 6) is -3.25. The van der Waals surface area contributed by atoms with Gasteiger partial charge in [-0.05, 0) is 41.8 Å². The molecule has 0 bridgehead atoms. The molecule has 2 amide bonds. The van der Waals surface area contributed by atoms with Gasteiger partial charge in [0.2, 0.25) is 5.91 Å². The number of aliphatic hydroxyl groups excluding tert-OH is 1. The molecule has 4 aliphatic rings. The summed E-state index contributed by atoms with van der Waals surface area (Å²) in [5.41, 5.74) is -1.24. The molecule has 2 saturated heterocycles. The monoisotopic (exact) mass is 564 g/mol. The van der Waals surface area contributed by atoms with Crippen molar-refractivity contribution in [3.05, 3.63) is 103 Å². The number of anilines is 1. The number of benzene rings is 3. The first-order chi connectivity index (χ1) is 20.4. The molecule has 2 fully saturated rings. The maximum atomic E-state index is 14.8. The number of nitrogens with zero attached hydrogens (tertiary/aromatic N) is 2. The van der Waals surface area contributed by atoms with Crippen molar-refractivity contribution in [3.8, 4) is 0 Å². The summed E-state index contributed by atoms with van der Waals surface area (Å²) >= 11 is 0. The van der Waals surface area contributed by atoms with Crippen molar-refractivity contribution < 1.29 is 29.0 Å². The van der Waals surface area contributed by atoms with Gasteiger partial charge in [0.25, 0.3) is 5.91 Å². The van der Waals surface area contributed by atoms with Crippen molar-refractivity contribution in [2.75, 3.05) is 24.7 Å². The Balaban J connectivity index is 1.40. The number of carbonyl (C=O) groups is 3. The molecule has 3 aromatic rings. The highest BCUT2D eigenvalue weighted by Gasteiger charge is 2.75. The van der Waals surface area contributed by atoms with Crippen LogP contribution in [0.15, 0.2) is 97.1 Å². The van der Waals surface area contributed by atoms with Gasteiger partial charge in [-0.25, -0.2) is 0 Å². The Bertz CT molecular complexity index is 1640. The molecule has 214 valence electrons. The quantitative estimate of drug-likeness (QED) is 0.381. The predicted molar refractivity (Wildman–Crippen MR) is 156 cm³/mol. The lowest BCUT2D eigenvalue weighted by molar-refractivity contribution is -0.160. The first-order valence-electron chi connectivity index (χ1n) is 14.4. The molecular formula is C34H32N2O6. The van der Waals surface area contributed by atoms with Gasteiger partial charge in [-0.3, -0.25) is 14.4 Å². The van der Waals surface area contributed by atoms with Crippen LogP contribution in [-0.4, -0.2) is 64.8 Å². The van der Waals surface area contributed by atoms with Crippen LogP contribution in [0.2, 0.25) is 0 Å². The van der Waals surface area contributed by atoms with E-state index in [9.17, 15) is 19.5 Å². The van der Waals surface area contributed by atoms with E-state index in [1.165, 1.54) is 4.90 Å². The second kappa shape index (κ2) is 9.93. The molecule has 1 N–H and O–H groups in total. The lowest BCUT2D eigenvalue weighted by Gasteiger charge is -2.40. The SMILES string of the molecule is C[C@@]12C=CCCOC(=O)[C@@H]1[C@H]1C(=O)N([C@H](CO)c3ccccc3)C3C(=O)N(c4ccc5ccccc5c4)CC=C[C@@]31O2. The van der Waals surface area contributed by atoms with Crippen molar-refractivity contribution in [3.63, 3.8) is 0 Å². The van der Waals surface area contributed by atoms with Crippen LogP contribution in [0.1, 0.15) is 24.9 Å². The van der Waals surface area contributed by atoms with Crippen LogP contribution in [0, 0.1) is 11.8 Å². The lowest BCUT2D eigenvalue weighted by Crippen LogP contribution is -2.57. The second-order valence-corrected chi connectivity index (χ2v) is 11.6. The predicted octanol–water partition coefficient (Wildman–Crippen LogP) is 3.95. The number of likely N-dealkylation sites (tertiary alicyclic amines) is 1. The van der Waals surface area contributed by atoms with Crippen LogP contribution in [0.3, 0.4) is 0 Å². The van der Waals surface area contributed by atoms with E-state index in [0.717, 1.165) is 10.8 Å². The van der Waals surface area contributed by atoms with E-state index in [4.69, 9.17) is 9.47 Å². The average Bonchev–Trinajstić information content (AvgIpc) is 3.32. The number of hydrogen-bond donors (Lipinski definition) is 1. The normalized spacial score (nSPS) is 31.2. The molecule has 4 heterocycles. The number of ether oxygens (including phenoxy) is 2. The molecule has 1 spiro atoms. The topological polar surface area (TPSA) is 96.4 Å². The van der Waals surface area contributed by atoms with E-state index in [2.05, 4.69) is 0 Å². The molecule has 0 radical (unpaired) electrons. The van der Waals surface area contributed by atoms with Gasteiger partial charge < -0.3 is 24.4 Å². The summed E-state index contributed by atoms with van der Waals surface area (Å²) in [6, 6.07) is 21.0. The Morgan fingerprint density at radius 3 is 2.45 bits per heavy atom. The lowest BCUT2D eigenvalue weighted by atomic mass is 9.74. The Morgan fingerprint density at radius 1 is 0.905 bits per heavy atom. The van der Waals surface area contributed by atoms with E-state index in [1.54, 1.807) is 17.9 Å². The zero-order valence-electron chi connectivity index (χ0n) is 23.3. The van der Waals surface area contributed by atoms with Gasteiger partial charge in [0, 0.05) is 12.2 Å². The summed E-state index contributed by atoms with van der Waals surface area (Å²) in [4.78, 5) is 46.1. The minimum absolute atomic E-state index is 0.205. The minimum Gasteiger partial charge on any atom is -0.465 e. The van der Waals surface area contributed by atoms with Crippen LogP contribution in [0.25, 0.3) is 10.8 Å². The number of cyclic esters (lactones) is 1. The van der Waals surface area contributed by atoms with Crippen LogP contribution in [-0.2, 0) is 23.9 Å². The van der Waals surface area contributed by atoms with Crippen molar-refractivity contribution >= 4 is 34.2 Å². The Hall–Kier alpha value is -4.27. The van der Waals surface area contributed by atoms with Crippen molar-refractivity contribution in [2.45, 2.75) is 36.6 Å². The van der Waals surface area contributed by atoms with Gasteiger partial charge in [-0.1, -0.05) is 85.0 Å². The van der Waals surface area contributed by atoms with Crippen LogP contribution in [0.5, 0.6) is 0 Å². The molecule has 4 aliphatic heterocycles. The average molecular weight is 565 g/mol. The minimum atomic E-state index is -1.45. The molecule has 7 rings (SSSR count). The van der Waals surface area contributed by atoms with Gasteiger partial charge >= 0.3 is 5.97 Å². The highest BCUT2D eigenvalue weighted by molar-refractivity contribution is 6.06. The summed E-state index contributed by atoms with van der Waals surface area (Å²) in [6.45, 7) is 1.84. The van der Waals surface area contributed by atoms with E-state index in [1.807, 2.05) is 91.0 Å². The molecular weight excluding hydrogens is 532 g/mol. The van der Waals surface area contributed by atoms with Gasteiger partial charge in [0.15, 0.2) is 0 Å². The fourth-order valence-electron chi connectivity index (χ4n) is 7.37. The molecule has 6 atom stereocenters. The smallest absolute Gasteiger partial charge is 0.313 e.